The van der Waals surface area contributed by atoms with E-state index in [2.05, 4.69) is 94.9 Å². The van der Waals surface area contributed by atoms with Crippen molar-refractivity contribution in [3.8, 4) is 22.3 Å². The van der Waals surface area contributed by atoms with E-state index in [1.165, 1.54) is 44.5 Å². The van der Waals surface area contributed by atoms with Crippen molar-refractivity contribution in [2.75, 3.05) is 0 Å². The van der Waals surface area contributed by atoms with Gasteiger partial charge in [-0.05, 0) is 93.0 Å². The Labute approximate surface area is 256 Å². The molecule has 6 heteroatoms. The maximum absolute atomic E-state index is 6.11. The lowest BCUT2D eigenvalue weighted by Gasteiger charge is -2.31. The van der Waals surface area contributed by atoms with E-state index in [4.69, 9.17) is 23.2 Å². The van der Waals surface area contributed by atoms with E-state index in [0.717, 1.165) is 19.8 Å². The largest absolute Gasteiger partial charge is 0.248 e. The second-order valence-corrected chi connectivity index (χ2v) is 13.1. The molecule has 8 rings (SSSR count). The summed E-state index contributed by atoms with van der Waals surface area (Å²) in [5.41, 5.74) is 9.92. The average Bonchev–Trinajstić information content (AvgIpc) is 3.46. The third-order valence-corrected chi connectivity index (χ3v) is 10.2. The van der Waals surface area contributed by atoms with Crippen molar-refractivity contribution in [3.63, 3.8) is 0 Å². The smallest absolute Gasteiger partial charge is 0.101 e. The van der Waals surface area contributed by atoms with E-state index in [1.54, 1.807) is 35.9 Å². The summed E-state index contributed by atoms with van der Waals surface area (Å²) >= 11 is 15.5. The summed E-state index contributed by atoms with van der Waals surface area (Å²) in [4.78, 5) is 11.4. The Bertz CT molecular complexity index is 1830. The van der Waals surface area contributed by atoms with Gasteiger partial charge in [-0.1, -0.05) is 107 Å². The van der Waals surface area contributed by atoms with E-state index in [-0.39, 0.29) is 0 Å². The molecule has 0 atom stereocenters. The number of rotatable bonds is 4. The highest BCUT2D eigenvalue weighted by Gasteiger charge is 2.51. The zero-order valence-corrected chi connectivity index (χ0v) is 24.7. The van der Waals surface area contributed by atoms with Crippen LogP contribution < -0.4 is 0 Å². The Morgan fingerprint density at radius 2 is 0.902 bits per heavy atom. The van der Waals surface area contributed by atoms with Crippen molar-refractivity contribution in [3.05, 3.63) is 154 Å². The molecule has 0 fully saturated rings. The Hall–Kier alpha value is -3.54. The highest BCUT2D eigenvalue weighted by atomic mass is 35.5. The molecule has 0 saturated heterocycles. The van der Waals surface area contributed by atoms with Gasteiger partial charge in [0, 0.05) is 22.2 Å². The zero-order valence-electron chi connectivity index (χ0n) is 21.5. The highest BCUT2D eigenvalue weighted by Crippen LogP contribution is 2.63. The summed E-state index contributed by atoms with van der Waals surface area (Å²) in [7, 11) is 0. The molecule has 1 spiro atoms. The van der Waals surface area contributed by atoms with Gasteiger partial charge >= 0.3 is 0 Å². The standard InChI is InChI=1S/C35H20Cl2N2S2/c36-21-9-15-33(38-19-21)40-23-11-13-27-28-14-12-24(41-34-16-10-22(37)20-39-34)18-32(28)35(31(27)17-23)29-7-3-1-5-25(29)26-6-2-4-8-30(26)35/h1-20H. The summed E-state index contributed by atoms with van der Waals surface area (Å²) in [6.45, 7) is 0. The third kappa shape index (κ3) is 3.97. The van der Waals surface area contributed by atoms with Crippen LogP contribution in [0.3, 0.4) is 0 Å². The molecule has 2 heterocycles. The number of halogens is 2. The molecule has 6 aromatic rings. The number of hydrogen-bond donors (Lipinski definition) is 0. The van der Waals surface area contributed by atoms with Gasteiger partial charge < -0.3 is 0 Å². The molecule has 0 amide bonds. The second-order valence-electron chi connectivity index (χ2n) is 10.1. The van der Waals surface area contributed by atoms with Gasteiger partial charge in [0.05, 0.1) is 15.5 Å². The number of hydrogen-bond acceptors (Lipinski definition) is 4. The minimum Gasteiger partial charge on any atom is -0.248 e. The van der Waals surface area contributed by atoms with Crippen LogP contribution in [0.1, 0.15) is 22.3 Å². The Balaban J connectivity index is 1.36. The topological polar surface area (TPSA) is 25.8 Å². The number of benzene rings is 4. The zero-order chi connectivity index (χ0) is 27.6. The quantitative estimate of drug-likeness (QED) is 0.200. The summed E-state index contributed by atoms with van der Waals surface area (Å²) in [6, 6.07) is 39.1. The van der Waals surface area contributed by atoms with Crippen molar-refractivity contribution < 1.29 is 0 Å². The average molecular weight is 604 g/mol. The molecule has 2 aromatic heterocycles. The molecule has 2 aliphatic rings. The predicted molar refractivity (Wildman–Crippen MR) is 169 cm³/mol. The Morgan fingerprint density at radius 1 is 0.463 bits per heavy atom. The van der Waals surface area contributed by atoms with E-state index in [0.29, 0.717) is 10.0 Å². The monoisotopic (exact) mass is 602 g/mol. The molecule has 0 aliphatic heterocycles. The first-order chi connectivity index (χ1) is 20.1. The van der Waals surface area contributed by atoms with Gasteiger partial charge in [0.1, 0.15) is 10.1 Å². The first-order valence-corrected chi connectivity index (χ1v) is 15.6. The molecule has 2 nitrogen and oxygen atoms in total. The van der Waals surface area contributed by atoms with Crippen molar-refractivity contribution in [1.29, 1.82) is 0 Å². The minimum absolute atomic E-state index is 0.425. The summed E-state index contributed by atoms with van der Waals surface area (Å²) in [5, 5.41) is 3.11. The second kappa shape index (κ2) is 9.78. The van der Waals surface area contributed by atoms with E-state index in [1.807, 2.05) is 24.3 Å². The van der Waals surface area contributed by atoms with Gasteiger partial charge in [-0.25, -0.2) is 9.97 Å². The fourth-order valence-electron chi connectivity index (χ4n) is 6.31. The van der Waals surface area contributed by atoms with E-state index >= 15 is 0 Å². The van der Waals surface area contributed by atoms with E-state index in [9.17, 15) is 0 Å². The summed E-state index contributed by atoms with van der Waals surface area (Å²) in [6.07, 6.45) is 3.40. The van der Waals surface area contributed by atoms with Crippen LogP contribution >= 0.6 is 46.7 Å². The van der Waals surface area contributed by atoms with Crippen LogP contribution in [0.2, 0.25) is 10.0 Å². The normalized spacial score (nSPS) is 13.5. The van der Waals surface area contributed by atoms with Crippen LogP contribution in [0, 0.1) is 0 Å². The molecule has 41 heavy (non-hydrogen) atoms. The van der Waals surface area contributed by atoms with Crippen molar-refractivity contribution >= 4 is 46.7 Å². The lowest BCUT2D eigenvalue weighted by molar-refractivity contribution is 0.788. The SMILES string of the molecule is Clc1ccc(Sc2ccc3c(c2)C2(c4ccccc4-c4ccccc42)c2cc(Sc4ccc(Cl)cn4)ccc2-3)nc1. The van der Waals surface area contributed by atoms with Crippen molar-refractivity contribution in [2.45, 2.75) is 25.3 Å². The molecular weight excluding hydrogens is 583 g/mol. The molecule has 0 unspecified atom stereocenters. The summed E-state index contributed by atoms with van der Waals surface area (Å²) in [5.74, 6) is 0. The molecule has 196 valence electrons. The number of pyridine rings is 2. The van der Waals surface area contributed by atoms with Crippen molar-refractivity contribution in [2.24, 2.45) is 0 Å². The van der Waals surface area contributed by atoms with Gasteiger partial charge in [-0.3, -0.25) is 0 Å². The van der Waals surface area contributed by atoms with Gasteiger partial charge in [-0.15, -0.1) is 0 Å². The van der Waals surface area contributed by atoms with Gasteiger partial charge in [-0.2, -0.15) is 0 Å². The van der Waals surface area contributed by atoms with Crippen LogP contribution in [-0.2, 0) is 5.41 Å². The van der Waals surface area contributed by atoms with Gasteiger partial charge in [0.15, 0.2) is 0 Å². The minimum atomic E-state index is -0.425. The molecule has 0 bridgehead atoms. The fourth-order valence-corrected chi connectivity index (χ4v) is 8.13. The number of nitrogens with zero attached hydrogens (tertiary/aromatic N) is 2. The molecule has 0 radical (unpaired) electrons. The lowest BCUT2D eigenvalue weighted by atomic mass is 9.70. The lowest BCUT2D eigenvalue weighted by Crippen LogP contribution is -2.26. The highest BCUT2D eigenvalue weighted by molar-refractivity contribution is 7.99. The molecule has 2 aliphatic carbocycles. The summed E-state index contributed by atoms with van der Waals surface area (Å²) < 4.78 is 0. The van der Waals surface area contributed by atoms with Crippen molar-refractivity contribution in [1.82, 2.24) is 9.97 Å². The van der Waals surface area contributed by atoms with Crippen LogP contribution in [-0.4, -0.2) is 9.97 Å². The molecular formula is C35H20Cl2N2S2. The third-order valence-electron chi connectivity index (χ3n) is 7.88. The van der Waals surface area contributed by atoms with Crippen LogP contribution in [0.15, 0.2) is 141 Å². The number of aromatic nitrogens is 2. The molecule has 0 saturated carbocycles. The van der Waals surface area contributed by atoms with E-state index < -0.39 is 5.41 Å². The van der Waals surface area contributed by atoms with Crippen LogP contribution in [0.5, 0.6) is 0 Å². The fraction of sp³-hybridized carbons (Fsp3) is 0.0286. The van der Waals surface area contributed by atoms with Crippen LogP contribution in [0.4, 0.5) is 0 Å². The van der Waals surface area contributed by atoms with Crippen LogP contribution in [0.25, 0.3) is 22.3 Å². The van der Waals surface area contributed by atoms with Gasteiger partial charge in [0.25, 0.3) is 0 Å². The first-order valence-electron chi connectivity index (χ1n) is 13.2. The Morgan fingerprint density at radius 3 is 1.34 bits per heavy atom. The molecule has 4 aromatic carbocycles. The Kier molecular flexibility index (Phi) is 6.01. The predicted octanol–water partition coefficient (Wildman–Crippen LogP) is 10.4. The maximum Gasteiger partial charge on any atom is 0.101 e. The maximum atomic E-state index is 6.11. The first kappa shape index (κ1) is 25.2. The number of fused-ring (bicyclic) bond motifs is 10. The van der Waals surface area contributed by atoms with Gasteiger partial charge in [0.2, 0.25) is 0 Å². The molecule has 0 N–H and O–H groups in total.